The molecule has 4 nitrogen and oxygen atoms in total. The van der Waals surface area contributed by atoms with Crippen LogP contribution in [-0.4, -0.2) is 22.2 Å². The number of hydrogen-bond acceptors (Lipinski definition) is 2. The van der Waals surface area contributed by atoms with Crippen molar-refractivity contribution in [2.45, 2.75) is 19.8 Å². The van der Waals surface area contributed by atoms with Crippen LogP contribution >= 0.6 is 0 Å². The molecule has 13 heavy (non-hydrogen) atoms. The van der Waals surface area contributed by atoms with Crippen molar-refractivity contribution in [3.63, 3.8) is 0 Å². The fourth-order valence-electron chi connectivity index (χ4n) is 1.57. The first-order valence-electron chi connectivity index (χ1n) is 4.09. The molecule has 0 saturated heterocycles. The first-order chi connectivity index (χ1) is 5.98. The summed E-state index contributed by atoms with van der Waals surface area (Å²) in [5.41, 5.74) is -1.15. The zero-order valence-electron chi connectivity index (χ0n) is 7.36. The van der Waals surface area contributed by atoms with Crippen LogP contribution in [0.25, 0.3) is 0 Å². The molecule has 0 fully saturated rings. The van der Waals surface area contributed by atoms with Crippen LogP contribution in [0.2, 0.25) is 0 Å². The zero-order chi connectivity index (χ0) is 10.1. The predicted octanol–water partition coefficient (Wildman–Crippen LogP) is 1.13. The number of carboxylic acids is 2. The highest BCUT2D eigenvalue weighted by atomic mass is 16.4. The first kappa shape index (κ1) is 9.77. The van der Waals surface area contributed by atoms with E-state index in [4.69, 9.17) is 10.2 Å². The second kappa shape index (κ2) is 3.20. The van der Waals surface area contributed by atoms with Crippen molar-refractivity contribution in [2.24, 2.45) is 11.3 Å². The van der Waals surface area contributed by atoms with Crippen molar-refractivity contribution in [2.75, 3.05) is 0 Å². The highest BCUT2D eigenvalue weighted by Crippen LogP contribution is 2.38. The molecule has 0 saturated carbocycles. The van der Waals surface area contributed by atoms with Gasteiger partial charge in [-0.2, -0.15) is 0 Å². The third-order valence-electron chi connectivity index (χ3n) is 2.64. The van der Waals surface area contributed by atoms with Crippen LogP contribution in [-0.2, 0) is 9.59 Å². The summed E-state index contributed by atoms with van der Waals surface area (Å²) >= 11 is 0. The molecule has 0 amide bonds. The van der Waals surface area contributed by atoms with Gasteiger partial charge in [0.2, 0.25) is 0 Å². The number of allylic oxidation sites excluding steroid dienone is 2. The largest absolute Gasteiger partial charge is 0.481 e. The van der Waals surface area contributed by atoms with E-state index in [2.05, 4.69) is 0 Å². The third-order valence-corrected chi connectivity index (χ3v) is 2.64. The van der Waals surface area contributed by atoms with Gasteiger partial charge in [-0.25, -0.2) is 0 Å². The molecule has 0 aromatic heterocycles. The Kier molecular flexibility index (Phi) is 2.40. The second-order valence-corrected chi connectivity index (χ2v) is 3.52. The van der Waals surface area contributed by atoms with Gasteiger partial charge in [0, 0.05) is 0 Å². The van der Waals surface area contributed by atoms with Gasteiger partial charge in [-0.3, -0.25) is 9.59 Å². The van der Waals surface area contributed by atoms with E-state index in [0.29, 0.717) is 12.8 Å². The zero-order valence-corrected chi connectivity index (χ0v) is 7.36. The molecule has 2 N–H and O–H groups in total. The minimum atomic E-state index is -1.15. The second-order valence-electron chi connectivity index (χ2n) is 3.52. The Morgan fingerprint density at radius 1 is 1.38 bits per heavy atom. The molecule has 1 aliphatic rings. The lowest BCUT2D eigenvalue weighted by Crippen LogP contribution is -2.41. The van der Waals surface area contributed by atoms with E-state index in [1.165, 1.54) is 6.92 Å². The fraction of sp³-hybridized carbons (Fsp3) is 0.556. The van der Waals surface area contributed by atoms with Gasteiger partial charge in [0.1, 0.15) is 0 Å². The van der Waals surface area contributed by atoms with Gasteiger partial charge in [0.25, 0.3) is 0 Å². The van der Waals surface area contributed by atoms with E-state index >= 15 is 0 Å². The number of carboxylic acid groups (broad SMARTS) is 2. The summed E-state index contributed by atoms with van der Waals surface area (Å²) in [5.74, 6) is -2.88. The number of hydrogen-bond donors (Lipinski definition) is 2. The Labute approximate surface area is 75.9 Å². The van der Waals surface area contributed by atoms with E-state index in [1.54, 1.807) is 12.2 Å². The molecular formula is C9H12O4. The summed E-state index contributed by atoms with van der Waals surface area (Å²) in [6.45, 7) is 1.48. The molecule has 0 heterocycles. The highest BCUT2D eigenvalue weighted by molar-refractivity contribution is 5.83. The Bertz CT molecular complexity index is 269. The van der Waals surface area contributed by atoms with Gasteiger partial charge in [-0.05, 0) is 19.8 Å². The third kappa shape index (κ3) is 1.56. The fourth-order valence-corrected chi connectivity index (χ4v) is 1.57. The Hall–Kier alpha value is -1.32. The predicted molar refractivity (Wildman–Crippen MR) is 45.2 cm³/mol. The Morgan fingerprint density at radius 2 is 2.00 bits per heavy atom. The standard InChI is InChI=1S/C9H12O4/c1-9(8(12)13)5-3-2-4-6(9)7(10)11/h2-3,6H,4-5H2,1H3,(H,10,11)(H,12,13)/t6-,9+/m1/s1. The van der Waals surface area contributed by atoms with Crippen LogP contribution < -0.4 is 0 Å². The quantitative estimate of drug-likeness (QED) is 0.631. The average Bonchev–Trinajstić information content (AvgIpc) is 2.04. The molecule has 72 valence electrons. The number of carbonyl (C=O) groups is 2. The van der Waals surface area contributed by atoms with Crippen molar-refractivity contribution in [1.82, 2.24) is 0 Å². The van der Waals surface area contributed by atoms with Gasteiger partial charge in [-0.1, -0.05) is 12.2 Å². The molecule has 0 spiro atoms. The normalized spacial score (nSPS) is 32.8. The van der Waals surface area contributed by atoms with Gasteiger partial charge in [0.05, 0.1) is 11.3 Å². The molecule has 4 heteroatoms. The van der Waals surface area contributed by atoms with Crippen LogP contribution in [0, 0.1) is 11.3 Å². The van der Waals surface area contributed by atoms with Crippen LogP contribution in [0.1, 0.15) is 19.8 Å². The van der Waals surface area contributed by atoms with E-state index in [-0.39, 0.29) is 0 Å². The summed E-state index contributed by atoms with van der Waals surface area (Å²) in [6, 6.07) is 0. The van der Waals surface area contributed by atoms with Crippen LogP contribution in [0.3, 0.4) is 0 Å². The van der Waals surface area contributed by atoms with Crippen LogP contribution in [0.4, 0.5) is 0 Å². The lowest BCUT2D eigenvalue weighted by molar-refractivity contribution is -0.161. The van der Waals surface area contributed by atoms with Gasteiger partial charge < -0.3 is 10.2 Å². The Morgan fingerprint density at radius 3 is 2.38 bits per heavy atom. The molecule has 1 aliphatic carbocycles. The maximum Gasteiger partial charge on any atom is 0.310 e. The van der Waals surface area contributed by atoms with Gasteiger partial charge >= 0.3 is 11.9 Å². The molecule has 0 unspecified atom stereocenters. The molecular weight excluding hydrogens is 172 g/mol. The molecule has 0 aliphatic heterocycles. The lowest BCUT2D eigenvalue weighted by Gasteiger charge is -2.32. The molecule has 1 rings (SSSR count). The monoisotopic (exact) mass is 184 g/mol. The lowest BCUT2D eigenvalue weighted by atomic mass is 9.70. The summed E-state index contributed by atoms with van der Waals surface area (Å²) in [4.78, 5) is 21.7. The SMILES string of the molecule is C[C@]1(C(=O)O)CC=CC[C@@H]1C(=O)O. The Balaban J connectivity index is 2.99. The minimum Gasteiger partial charge on any atom is -0.481 e. The molecule has 0 bridgehead atoms. The van der Waals surface area contributed by atoms with E-state index < -0.39 is 23.3 Å². The van der Waals surface area contributed by atoms with Crippen molar-refractivity contribution in [1.29, 1.82) is 0 Å². The molecule has 0 aromatic carbocycles. The maximum atomic E-state index is 10.9. The van der Waals surface area contributed by atoms with E-state index in [9.17, 15) is 9.59 Å². The highest BCUT2D eigenvalue weighted by Gasteiger charge is 2.45. The summed E-state index contributed by atoms with van der Waals surface area (Å²) in [7, 11) is 0. The smallest absolute Gasteiger partial charge is 0.310 e. The van der Waals surface area contributed by atoms with Crippen molar-refractivity contribution >= 4 is 11.9 Å². The van der Waals surface area contributed by atoms with Crippen molar-refractivity contribution in [3.8, 4) is 0 Å². The summed E-state index contributed by atoms with van der Waals surface area (Å²) in [5, 5.41) is 17.7. The van der Waals surface area contributed by atoms with Crippen LogP contribution in [0.5, 0.6) is 0 Å². The van der Waals surface area contributed by atoms with Crippen molar-refractivity contribution in [3.05, 3.63) is 12.2 Å². The minimum absolute atomic E-state index is 0.291. The van der Waals surface area contributed by atoms with E-state index in [0.717, 1.165) is 0 Å². The van der Waals surface area contributed by atoms with E-state index in [1.807, 2.05) is 0 Å². The van der Waals surface area contributed by atoms with Crippen molar-refractivity contribution < 1.29 is 19.8 Å². The molecule has 0 aromatic rings. The molecule has 2 atom stereocenters. The topological polar surface area (TPSA) is 74.6 Å². The summed E-state index contributed by atoms with van der Waals surface area (Å²) < 4.78 is 0. The van der Waals surface area contributed by atoms with Crippen LogP contribution in [0.15, 0.2) is 12.2 Å². The van der Waals surface area contributed by atoms with Gasteiger partial charge in [-0.15, -0.1) is 0 Å². The maximum absolute atomic E-state index is 10.9. The number of aliphatic carboxylic acids is 2. The van der Waals surface area contributed by atoms with Gasteiger partial charge in [0.15, 0.2) is 0 Å². The molecule has 0 radical (unpaired) electrons. The average molecular weight is 184 g/mol. The first-order valence-corrected chi connectivity index (χ1v) is 4.09. The number of rotatable bonds is 2. The summed E-state index contributed by atoms with van der Waals surface area (Å²) in [6.07, 6.45) is 4.05.